The molecule has 0 saturated carbocycles. The van der Waals surface area contributed by atoms with Crippen LogP contribution in [0, 0.1) is 10.1 Å². The van der Waals surface area contributed by atoms with Gasteiger partial charge < -0.3 is 9.88 Å². The fraction of sp³-hybridized carbons (Fsp3) is 0.600. The maximum absolute atomic E-state index is 11.3. The highest BCUT2D eigenvalue weighted by Crippen LogP contribution is 2.22. The number of aromatic amines is 1. The number of thioether (sulfide) groups is 1. The summed E-state index contributed by atoms with van der Waals surface area (Å²) in [7, 11) is 0. The first-order valence-electron chi connectivity index (χ1n) is 5.67. The van der Waals surface area contributed by atoms with Gasteiger partial charge in [0.1, 0.15) is 0 Å². The first-order chi connectivity index (χ1) is 8.60. The monoisotopic (exact) mass is 272 g/mol. The van der Waals surface area contributed by atoms with Crippen molar-refractivity contribution in [3.63, 3.8) is 0 Å². The molecule has 0 radical (unpaired) electrons. The number of hydrogen-bond acceptors (Lipinski definition) is 6. The first-order valence-corrected chi connectivity index (χ1v) is 6.65. The molecule has 0 saturated heterocycles. The van der Waals surface area contributed by atoms with Gasteiger partial charge in [0.15, 0.2) is 5.03 Å². The van der Waals surface area contributed by atoms with Crippen molar-refractivity contribution in [1.82, 2.24) is 14.9 Å². The first kappa shape index (κ1) is 14.7. The van der Waals surface area contributed by atoms with Crippen LogP contribution in [0.2, 0.25) is 0 Å². The van der Waals surface area contributed by atoms with Crippen LogP contribution < -0.4 is 5.56 Å². The van der Waals surface area contributed by atoms with Crippen LogP contribution in [0.3, 0.4) is 0 Å². The number of nitrogens with one attached hydrogen (secondary N) is 1. The molecule has 1 rings (SSSR count). The molecule has 0 spiro atoms. The summed E-state index contributed by atoms with van der Waals surface area (Å²) < 4.78 is 0. The van der Waals surface area contributed by atoms with E-state index in [1.165, 1.54) is 18.1 Å². The van der Waals surface area contributed by atoms with E-state index in [1.807, 2.05) is 0 Å². The number of H-pyrrole nitrogens is 1. The summed E-state index contributed by atoms with van der Waals surface area (Å²) in [6.07, 6.45) is 1.19. The Morgan fingerprint density at radius 2 is 2.17 bits per heavy atom. The maximum Gasteiger partial charge on any atom is 0.365 e. The van der Waals surface area contributed by atoms with Gasteiger partial charge in [-0.25, -0.2) is 4.98 Å². The molecule has 1 aromatic rings. The molecule has 0 aliphatic heterocycles. The van der Waals surface area contributed by atoms with Crippen LogP contribution in [0.5, 0.6) is 0 Å². The predicted octanol–water partition coefficient (Wildman–Crippen LogP) is 1.11. The van der Waals surface area contributed by atoms with Gasteiger partial charge >= 0.3 is 11.2 Å². The summed E-state index contributed by atoms with van der Waals surface area (Å²) in [5.74, 6) is 0.666. The molecule has 18 heavy (non-hydrogen) atoms. The molecule has 1 heterocycles. The van der Waals surface area contributed by atoms with Crippen LogP contribution in [0.4, 0.5) is 5.69 Å². The molecular weight excluding hydrogens is 256 g/mol. The lowest BCUT2D eigenvalue weighted by atomic mass is 10.5. The zero-order valence-electron chi connectivity index (χ0n) is 10.4. The molecule has 0 aliphatic rings. The summed E-state index contributed by atoms with van der Waals surface area (Å²) in [6.45, 7) is 6.79. The Bertz CT molecular complexity index is 459. The van der Waals surface area contributed by atoms with Gasteiger partial charge in [-0.3, -0.25) is 14.9 Å². The van der Waals surface area contributed by atoms with Crippen molar-refractivity contribution in [3.8, 4) is 0 Å². The van der Waals surface area contributed by atoms with E-state index in [2.05, 4.69) is 28.7 Å². The molecule has 1 aromatic heterocycles. The minimum atomic E-state index is -0.708. The molecule has 0 aliphatic carbocycles. The topological polar surface area (TPSA) is 92.1 Å². The third-order valence-corrected chi connectivity index (χ3v) is 3.48. The second-order valence-electron chi connectivity index (χ2n) is 3.52. The van der Waals surface area contributed by atoms with Crippen LogP contribution >= 0.6 is 11.8 Å². The van der Waals surface area contributed by atoms with Crippen molar-refractivity contribution in [1.29, 1.82) is 0 Å². The summed E-state index contributed by atoms with van der Waals surface area (Å²) in [4.78, 5) is 29.7. The van der Waals surface area contributed by atoms with Crippen molar-refractivity contribution in [2.45, 2.75) is 18.9 Å². The van der Waals surface area contributed by atoms with E-state index < -0.39 is 16.2 Å². The van der Waals surface area contributed by atoms with E-state index in [0.29, 0.717) is 5.75 Å². The quantitative estimate of drug-likeness (QED) is 0.346. The highest BCUT2D eigenvalue weighted by atomic mass is 32.2. The van der Waals surface area contributed by atoms with Crippen molar-refractivity contribution in [2.24, 2.45) is 0 Å². The minimum absolute atomic E-state index is 0.177. The summed E-state index contributed by atoms with van der Waals surface area (Å²) >= 11 is 1.23. The standard InChI is InChI=1S/C10H16N4O3S/c1-3-13(4-2)5-6-18-10-8(14(16)17)9(15)11-7-12-10/h7H,3-6H2,1-2H3,(H,11,12,15). The lowest BCUT2D eigenvalue weighted by molar-refractivity contribution is -0.389. The molecule has 1 N–H and O–H groups in total. The minimum Gasteiger partial charge on any atom is -0.307 e. The van der Waals surface area contributed by atoms with Crippen LogP contribution in [0.1, 0.15) is 13.8 Å². The van der Waals surface area contributed by atoms with E-state index in [-0.39, 0.29) is 5.03 Å². The van der Waals surface area contributed by atoms with Crippen LogP contribution in [-0.4, -0.2) is 45.2 Å². The van der Waals surface area contributed by atoms with Crippen molar-refractivity contribution >= 4 is 17.4 Å². The van der Waals surface area contributed by atoms with Gasteiger partial charge in [-0.15, -0.1) is 0 Å². The van der Waals surface area contributed by atoms with E-state index in [9.17, 15) is 14.9 Å². The van der Waals surface area contributed by atoms with Gasteiger partial charge in [0.05, 0.1) is 11.3 Å². The molecule has 0 aromatic carbocycles. The Labute approximate surface area is 109 Å². The zero-order valence-corrected chi connectivity index (χ0v) is 11.2. The summed E-state index contributed by atoms with van der Waals surface area (Å²) in [5.41, 5.74) is -1.18. The van der Waals surface area contributed by atoms with E-state index in [1.54, 1.807) is 0 Å². The largest absolute Gasteiger partial charge is 0.365 e. The predicted molar refractivity (Wildman–Crippen MR) is 70.0 cm³/mol. The molecule has 0 bridgehead atoms. The Kier molecular flexibility index (Phi) is 5.79. The van der Waals surface area contributed by atoms with Crippen LogP contribution in [-0.2, 0) is 0 Å². The number of rotatable bonds is 7. The summed E-state index contributed by atoms with van der Waals surface area (Å²) in [6, 6.07) is 0. The maximum atomic E-state index is 11.3. The molecule has 0 atom stereocenters. The molecule has 0 unspecified atom stereocenters. The van der Waals surface area contributed by atoms with Crippen molar-refractivity contribution < 1.29 is 4.92 Å². The second-order valence-corrected chi connectivity index (χ2v) is 4.60. The van der Waals surface area contributed by atoms with Gasteiger partial charge in [-0.05, 0) is 13.1 Å². The molecule has 8 heteroatoms. The molecule has 0 fully saturated rings. The van der Waals surface area contributed by atoms with Gasteiger partial charge in [-0.1, -0.05) is 25.6 Å². The van der Waals surface area contributed by atoms with Crippen molar-refractivity contribution in [3.05, 3.63) is 26.8 Å². The SMILES string of the molecule is CCN(CC)CCSc1nc[nH]c(=O)c1[N+](=O)[O-]. The van der Waals surface area contributed by atoms with Gasteiger partial charge in [0.2, 0.25) is 0 Å². The second kappa shape index (κ2) is 7.12. The van der Waals surface area contributed by atoms with Gasteiger partial charge in [0.25, 0.3) is 0 Å². The lowest BCUT2D eigenvalue weighted by Crippen LogP contribution is -2.25. The molecular formula is C10H16N4O3S. The molecule has 0 amide bonds. The molecule has 100 valence electrons. The van der Waals surface area contributed by atoms with E-state index >= 15 is 0 Å². The number of aromatic nitrogens is 2. The fourth-order valence-electron chi connectivity index (χ4n) is 1.45. The van der Waals surface area contributed by atoms with Crippen molar-refractivity contribution in [2.75, 3.05) is 25.4 Å². The fourth-order valence-corrected chi connectivity index (χ4v) is 2.43. The highest BCUT2D eigenvalue weighted by molar-refractivity contribution is 7.99. The van der Waals surface area contributed by atoms with E-state index in [0.717, 1.165) is 19.6 Å². The van der Waals surface area contributed by atoms with Gasteiger partial charge in [-0.2, -0.15) is 0 Å². The third kappa shape index (κ3) is 3.81. The third-order valence-electron chi connectivity index (χ3n) is 2.52. The Morgan fingerprint density at radius 3 is 2.72 bits per heavy atom. The Morgan fingerprint density at radius 1 is 1.50 bits per heavy atom. The number of nitrogens with zero attached hydrogens (tertiary/aromatic N) is 3. The zero-order chi connectivity index (χ0) is 13.5. The van der Waals surface area contributed by atoms with Crippen LogP contribution in [0.15, 0.2) is 16.1 Å². The normalized spacial score (nSPS) is 10.8. The Hall–Kier alpha value is -1.41. The summed E-state index contributed by atoms with van der Waals surface area (Å²) in [5, 5.41) is 11.0. The average Bonchev–Trinajstić information content (AvgIpc) is 2.34. The molecule has 7 nitrogen and oxygen atoms in total. The smallest absolute Gasteiger partial charge is 0.307 e. The average molecular weight is 272 g/mol. The highest BCUT2D eigenvalue weighted by Gasteiger charge is 2.20. The Balaban J connectivity index is 2.71. The number of hydrogen-bond donors (Lipinski definition) is 1. The lowest BCUT2D eigenvalue weighted by Gasteiger charge is -2.16. The van der Waals surface area contributed by atoms with Crippen LogP contribution in [0.25, 0.3) is 0 Å². The van der Waals surface area contributed by atoms with E-state index in [4.69, 9.17) is 0 Å². The van der Waals surface area contributed by atoms with Gasteiger partial charge in [0, 0.05) is 12.3 Å². The number of nitro groups is 1.